The van der Waals surface area contributed by atoms with Crippen LogP contribution in [0.2, 0.25) is 15.1 Å². The van der Waals surface area contributed by atoms with Crippen LogP contribution in [0, 0.1) is 0 Å². The highest BCUT2D eigenvalue weighted by molar-refractivity contribution is 6.44. The maximum Gasteiger partial charge on any atom is 0.244 e. The van der Waals surface area contributed by atoms with Gasteiger partial charge < -0.3 is 10.6 Å². The highest BCUT2D eigenvalue weighted by Crippen LogP contribution is 2.33. The molecule has 1 aromatic rings. The fourth-order valence-electron chi connectivity index (χ4n) is 2.32. The van der Waals surface area contributed by atoms with Gasteiger partial charge in [0.25, 0.3) is 0 Å². The van der Waals surface area contributed by atoms with Gasteiger partial charge in [0.1, 0.15) is 0 Å². The number of hydrogen-bond donors (Lipinski definition) is 2. The van der Waals surface area contributed by atoms with Crippen LogP contribution in [0.3, 0.4) is 0 Å². The molecule has 1 aliphatic heterocycles. The van der Waals surface area contributed by atoms with Crippen LogP contribution < -0.4 is 10.6 Å². The third kappa shape index (κ3) is 3.00. The van der Waals surface area contributed by atoms with E-state index < -0.39 is 5.54 Å². The quantitative estimate of drug-likeness (QED) is 0.822. The monoisotopic (exact) mass is 320 g/mol. The first-order valence-electron chi connectivity index (χ1n) is 6.19. The number of hydrogen-bond acceptors (Lipinski definition) is 2. The summed E-state index contributed by atoms with van der Waals surface area (Å²) >= 11 is 17.9. The SMILES string of the molecule is CCC1(C(=O)Nc2cc(Cl)c(Cl)cc2Cl)CCCN1. The average Bonchev–Trinajstić information content (AvgIpc) is 2.86. The first kappa shape index (κ1) is 14.9. The molecule has 0 radical (unpaired) electrons. The second kappa shape index (κ2) is 5.88. The molecule has 1 atom stereocenters. The number of nitrogens with one attached hydrogen (secondary N) is 2. The minimum absolute atomic E-state index is 0.0761. The summed E-state index contributed by atoms with van der Waals surface area (Å²) in [6, 6.07) is 3.10. The van der Waals surface area contributed by atoms with Crippen LogP contribution in [-0.2, 0) is 4.79 Å². The van der Waals surface area contributed by atoms with Gasteiger partial charge in [0.15, 0.2) is 0 Å². The van der Waals surface area contributed by atoms with E-state index in [0.29, 0.717) is 20.8 Å². The summed E-state index contributed by atoms with van der Waals surface area (Å²) in [7, 11) is 0. The molecule has 104 valence electrons. The third-order valence-electron chi connectivity index (χ3n) is 3.54. The lowest BCUT2D eigenvalue weighted by atomic mass is 9.93. The normalized spacial score (nSPS) is 22.5. The van der Waals surface area contributed by atoms with Crippen molar-refractivity contribution in [2.45, 2.75) is 31.7 Å². The summed E-state index contributed by atoms with van der Waals surface area (Å²) in [6.45, 7) is 2.85. The van der Waals surface area contributed by atoms with Crippen LogP contribution >= 0.6 is 34.8 Å². The van der Waals surface area contributed by atoms with Gasteiger partial charge in [-0.15, -0.1) is 0 Å². The summed E-state index contributed by atoms with van der Waals surface area (Å²) in [5.41, 5.74) is -0.0160. The van der Waals surface area contributed by atoms with Gasteiger partial charge >= 0.3 is 0 Å². The lowest BCUT2D eigenvalue weighted by Crippen LogP contribution is -2.50. The Labute approximate surface area is 127 Å². The largest absolute Gasteiger partial charge is 0.323 e. The van der Waals surface area contributed by atoms with E-state index in [4.69, 9.17) is 34.8 Å². The molecule has 1 fully saturated rings. The highest BCUT2D eigenvalue weighted by Gasteiger charge is 2.39. The molecule has 1 saturated heterocycles. The Balaban J connectivity index is 2.21. The van der Waals surface area contributed by atoms with Gasteiger partial charge in [-0.3, -0.25) is 4.79 Å². The molecule has 1 aliphatic rings. The Morgan fingerprint density at radius 3 is 2.58 bits per heavy atom. The molecule has 19 heavy (non-hydrogen) atoms. The number of benzene rings is 1. The standard InChI is InChI=1S/C13H15Cl3N2O/c1-2-13(4-3-5-17-13)12(19)18-11-7-9(15)8(14)6-10(11)16/h6-7,17H,2-5H2,1H3,(H,18,19). The molecule has 6 heteroatoms. The molecular weight excluding hydrogens is 307 g/mol. The molecule has 1 aromatic carbocycles. The predicted octanol–water partition coefficient (Wildman–Crippen LogP) is 4.12. The van der Waals surface area contributed by atoms with Crippen LogP contribution in [0.5, 0.6) is 0 Å². The van der Waals surface area contributed by atoms with E-state index in [2.05, 4.69) is 10.6 Å². The molecule has 1 unspecified atom stereocenters. The van der Waals surface area contributed by atoms with E-state index in [1.54, 1.807) is 6.07 Å². The van der Waals surface area contributed by atoms with Gasteiger partial charge in [-0.05, 0) is 37.9 Å². The molecule has 1 heterocycles. The number of anilines is 1. The third-order valence-corrected chi connectivity index (χ3v) is 4.57. The first-order valence-corrected chi connectivity index (χ1v) is 7.33. The summed E-state index contributed by atoms with van der Waals surface area (Å²) in [4.78, 5) is 12.4. The van der Waals surface area contributed by atoms with E-state index in [9.17, 15) is 4.79 Å². The minimum atomic E-state index is -0.505. The number of amides is 1. The van der Waals surface area contributed by atoms with Crippen molar-refractivity contribution in [1.29, 1.82) is 0 Å². The molecule has 0 spiro atoms. The van der Waals surface area contributed by atoms with Crippen molar-refractivity contribution in [1.82, 2.24) is 5.32 Å². The zero-order valence-electron chi connectivity index (χ0n) is 10.5. The van der Waals surface area contributed by atoms with Crippen molar-refractivity contribution >= 4 is 46.4 Å². The molecular formula is C13H15Cl3N2O. The van der Waals surface area contributed by atoms with Crippen molar-refractivity contribution < 1.29 is 4.79 Å². The zero-order valence-corrected chi connectivity index (χ0v) is 12.8. The molecule has 2 N–H and O–H groups in total. The Morgan fingerprint density at radius 2 is 2.00 bits per heavy atom. The average molecular weight is 322 g/mol. The fraction of sp³-hybridized carbons (Fsp3) is 0.462. The van der Waals surface area contributed by atoms with Gasteiger partial charge in [0.2, 0.25) is 5.91 Å². The zero-order chi connectivity index (χ0) is 14.0. The maximum absolute atomic E-state index is 12.4. The van der Waals surface area contributed by atoms with E-state index in [-0.39, 0.29) is 5.91 Å². The number of halogens is 3. The second-order valence-corrected chi connectivity index (χ2v) is 5.89. The molecule has 0 saturated carbocycles. The molecule has 2 rings (SSSR count). The van der Waals surface area contributed by atoms with E-state index in [1.165, 1.54) is 6.07 Å². The molecule has 1 amide bonds. The Morgan fingerprint density at radius 1 is 1.32 bits per heavy atom. The van der Waals surface area contributed by atoms with Crippen molar-refractivity contribution in [3.8, 4) is 0 Å². The van der Waals surface area contributed by atoms with Crippen LogP contribution in [0.25, 0.3) is 0 Å². The van der Waals surface area contributed by atoms with Crippen molar-refractivity contribution in [3.05, 3.63) is 27.2 Å². The summed E-state index contributed by atoms with van der Waals surface area (Å²) in [5.74, 6) is -0.0761. The van der Waals surface area contributed by atoms with Crippen LogP contribution in [0.4, 0.5) is 5.69 Å². The fourth-order valence-corrected chi connectivity index (χ4v) is 2.92. The summed E-state index contributed by atoms with van der Waals surface area (Å²) in [6.07, 6.45) is 2.56. The predicted molar refractivity (Wildman–Crippen MR) is 80.4 cm³/mol. The molecule has 0 aliphatic carbocycles. The van der Waals surface area contributed by atoms with Crippen molar-refractivity contribution in [2.24, 2.45) is 0 Å². The van der Waals surface area contributed by atoms with E-state index in [1.807, 2.05) is 6.92 Å². The molecule has 0 aromatic heterocycles. The minimum Gasteiger partial charge on any atom is -0.323 e. The van der Waals surface area contributed by atoms with E-state index in [0.717, 1.165) is 25.8 Å². The smallest absolute Gasteiger partial charge is 0.244 e. The number of carbonyl (C=O) groups is 1. The van der Waals surface area contributed by atoms with Crippen LogP contribution in [-0.4, -0.2) is 18.0 Å². The summed E-state index contributed by atoms with van der Waals surface area (Å²) in [5, 5.41) is 7.22. The Bertz CT molecular complexity index is 499. The molecule has 3 nitrogen and oxygen atoms in total. The Kier molecular flexibility index (Phi) is 4.62. The lowest BCUT2D eigenvalue weighted by Gasteiger charge is -2.27. The van der Waals surface area contributed by atoms with Gasteiger partial charge in [0.05, 0.1) is 26.3 Å². The van der Waals surface area contributed by atoms with Crippen molar-refractivity contribution in [2.75, 3.05) is 11.9 Å². The van der Waals surface area contributed by atoms with Crippen LogP contribution in [0.1, 0.15) is 26.2 Å². The van der Waals surface area contributed by atoms with Gasteiger partial charge in [0, 0.05) is 0 Å². The second-order valence-electron chi connectivity index (χ2n) is 4.67. The maximum atomic E-state index is 12.4. The lowest BCUT2D eigenvalue weighted by molar-refractivity contribution is -0.122. The first-order chi connectivity index (χ1) is 8.98. The Hall–Kier alpha value is -0.480. The number of carbonyl (C=O) groups excluding carboxylic acids is 1. The number of rotatable bonds is 3. The van der Waals surface area contributed by atoms with Crippen molar-refractivity contribution in [3.63, 3.8) is 0 Å². The van der Waals surface area contributed by atoms with Gasteiger partial charge in [-0.2, -0.15) is 0 Å². The topological polar surface area (TPSA) is 41.1 Å². The molecule has 0 bridgehead atoms. The van der Waals surface area contributed by atoms with Crippen LogP contribution in [0.15, 0.2) is 12.1 Å². The highest BCUT2D eigenvalue weighted by atomic mass is 35.5. The van der Waals surface area contributed by atoms with E-state index >= 15 is 0 Å². The van der Waals surface area contributed by atoms with Gasteiger partial charge in [-0.1, -0.05) is 41.7 Å². The summed E-state index contributed by atoms with van der Waals surface area (Å²) < 4.78 is 0. The van der Waals surface area contributed by atoms with Gasteiger partial charge in [-0.25, -0.2) is 0 Å².